The molecule has 0 radical (unpaired) electrons. The summed E-state index contributed by atoms with van der Waals surface area (Å²) in [6.45, 7) is 0.590. The van der Waals surface area contributed by atoms with Crippen LogP contribution in [0.3, 0.4) is 0 Å². The first-order valence-electron chi connectivity index (χ1n) is 5.74. The van der Waals surface area contributed by atoms with Gasteiger partial charge in [-0.05, 0) is 12.1 Å². The van der Waals surface area contributed by atoms with Gasteiger partial charge in [-0.25, -0.2) is 0 Å². The number of rotatable bonds is 6. The van der Waals surface area contributed by atoms with Crippen molar-refractivity contribution in [3.63, 3.8) is 0 Å². The highest BCUT2D eigenvalue weighted by molar-refractivity contribution is 5.76. The topological polar surface area (TPSA) is 50.8 Å². The van der Waals surface area contributed by atoms with Crippen LogP contribution in [0, 0.1) is 0 Å². The minimum absolute atomic E-state index is 0.1000. The van der Waals surface area contributed by atoms with Crippen molar-refractivity contribution in [3.05, 3.63) is 18.2 Å². The van der Waals surface area contributed by atoms with Gasteiger partial charge in [0.2, 0.25) is 5.91 Å². The summed E-state index contributed by atoms with van der Waals surface area (Å²) in [5.41, 5.74) is 0.902. The molecule has 0 aromatic heterocycles. The molecule has 0 bridgehead atoms. The number of carbonyl (C=O) groups is 1. The molecule has 1 N–H and O–H groups in total. The Hall–Kier alpha value is -1.91. The van der Waals surface area contributed by atoms with E-state index in [9.17, 15) is 4.79 Å². The smallest absolute Gasteiger partial charge is 0.223 e. The third-order valence-corrected chi connectivity index (χ3v) is 2.55. The Kier molecular flexibility index (Phi) is 5.30. The van der Waals surface area contributed by atoms with Gasteiger partial charge in [-0.1, -0.05) is 0 Å². The van der Waals surface area contributed by atoms with Crippen LogP contribution in [0.5, 0.6) is 11.5 Å². The summed E-state index contributed by atoms with van der Waals surface area (Å²) in [4.78, 5) is 13.0. The van der Waals surface area contributed by atoms with Crippen molar-refractivity contribution < 1.29 is 14.3 Å². The second-order valence-corrected chi connectivity index (χ2v) is 4.03. The van der Waals surface area contributed by atoms with Gasteiger partial charge in [-0.2, -0.15) is 0 Å². The predicted octanol–water partition coefficient (Wildman–Crippen LogP) is 1.59. The highest BCUT2D eigenvalue weighted by Gasteiger charge is 2.06. The first-order valence-corrected chi connectivity index (χ1v) is 5.74. The average molecular weight is 252 g/mol. The third-order valence-electron chi connectivity index (χ3n) is 2.55. The van der Waals surface area contributed by atoms with Crippen LogP contribution in [0.2, 0.25) is 0 Å². The maximum atomic E-state index is 11.4. The SMILES string of the molecule is COc1ccc(NCCC(=O)N(C)C)cc1OC. The minimum Gasteiger partial charge on any atom is -0.493 e. The molecule has 0 aliphatic heterocycles. The fourth-order valence-corrected chi connectivity index (χ4v) is 1.48. The second kappa shape index (κ2) is 6.74. The van der Waals surface area contributed by atoms with Gasteiger partial charge >= 0.3 is 0 Å². The number of nitrogens with zero attached hydrogens (tertiary/aromatic N) is 1. The molecule has 0 spiro atoms. The highest BCUT2D eigenvalue weighted by Crippen LogP contribution is 2.29. The summed E-state index contributed by atoms with van der Waals surface area (Å²) in [5.74, 6) is 1.46. The molecule has 1 aromatic rings. The van der Waals surface area contributed by atoms with Crippen LogP contribution >= 0.6 is 0 Å². The molecule has 0 saturated carbocycles. The Bertz CT molecular complexity index is 405. The summed E-state index contributed by atoms with van der Waals surface area (Å²) in [5, 5.41) is 3.17. The van der Waals surface area contributed by atoms with Crippen LogP contribution in [0.25, 0.3) is 0 Å². The number of hydrogen-bond acceptors (Lipinski definition) is 4. The molecule has 5 nitrogen and oxygen atoms in total. The maximum Gasteiger partial charge on any atom is 0.223 e. The number of benzene rings is 1. The zero-order chi connectivity index (χ0) is 13.5. The van der Waals surface area contributed by atoms with Crippen molar-refractivity contribution in [2.75, 3.05) is 40.2 Å². The van der Waals surface area contributed by atoms with Crippen molar-refractivity contribution in [3.8, 4) is 11.5 Å². The lowest BCUT2D eigenvalue weighted by Crippen LogP contribution is -2.23. The number of hydrogen-bond donors (Lipinski definition) is 1. The maximum absolute atomic E-state index is 11.4. The van der Waals surface area contributed by atoms with Crippen molar-refractivity contribution in [1.29, 1.82) is 0 Å². The van der Waals surface area contributed by atoms with E-state index in [2.05, 4.69) is 5.32 Å². The molecule has 1 rings (SSSR count). The van der Waals surface area contributed by atoms with E-state index in [0.29, 0.717) is 24.5 Å². The number of nitrogens with one attached hydrogen (secondary N) is 1. The quantitative estimate of drug-likeness (QED) is 0.835. The average Bonchev–Trinajstić information content (AvgIpc) is 2.38. The number of ether oxygens (including phenoxy) is 2. The fraction of sp³-hybridized carbons (Fsp3) is 0.462. The van der Waals surface area contributed by atoms with Gasteiger partial charge in [0.25, 0.3) is 0 Å². The lowest BCUT2D eigenvalue weighted by atomic mass is 10.2. The molecule has 0 fully saturated rings. The van der Waals surface area contributed by atoms with E-state index < -0.39 is 0 Å². The molecular weight excluding hydrogens is 232 g/mol. The summed E-state index contributed by atoms with van der Waals surface area (Å²) >= 11 is 0. The third kappa shape index (κ3) is 3.84. The van der Waals surface area contributed by atoms with E-state index in [1.165, 1.54) is 0 Å². The molecule has 18 heavy (non-hydrogen) atoms. The van der Waals surface area contributed by atoms with E-state index in [4.69, 9.17) is 9.47 Å². The number of carbonyl (C=O) groups excluding carboxylic acids is 1. The Morgan fingerprint density at radius 1 is 1.22 bits per heavy atom. The Labute approximate surface area is 108 Å². The second-order valence-electron chi connectivity index (χ2n) is 4.03. The van der Waals surface area contributed by atoms with Crippen molar-refractivity contribution in [2.24, 2.45) is 0 Å². The van der Waals surface area contributed by atoms with E-state index in [1.54, 1.807) is 33.2 Å². The van der Waals surface area contributed by atoms with Gasteiger partial charge in [0.1, 0.15) is 0 Å². The molecule has 100 valence electrons. The van der Waals surface area contributed by atoms with Crippen LogP contribution in [-0.4, -0.2) is 45.7 Å². The lowest BCUT2D eigenvalue weighted by Gasteiger charge is -2.13. The lowest BCUT2D eigenvalue weighted by molar-refractivity contribution is -0.128. The normalized spacial score (nSPS) is 9.78. The number of methoxy groups -OCH3 is 2. The van der Waals surface area contributed by atoms with Crippen molar-refractivity contribution in [1.82, 2.24) is 4.90 Å². The highest BCUT2D eigenvalue weighted by atomic mass is 16.5. The van der Waals surface area contributed by atoms with Crippen LogP contribution < -0.4 is 14.8 Å². The van der Waals surface area contributed by atoms with Crippen molar-refractivity contribution >= 4 is 11.6 Å². The van der Waals surface area contributed by atoms with E-state index in [-0.39, 0.29) is 5.91 Å². The van der Waals surface area contributed by atoms with Crippen LogP contribution in [-0.2, 0) is 4.79 Å². The summed E-state index contributed by atoms with van der Waals surface area (Å²) in [6, 6.07) is 5.56. The van der Waals surface area contributed by atoms with Gasteiger partial charge in [0, 0.05) is 38.8 Å². The zero-order valence-electron chi connectivity index (χ0n) is 11.3. The van der Waals surface area contributed by atoms with Crippen LogP contribution in [0.15, 0.2) is 18.2 Å². The Morgan fingerprint density at radius 3 is 2.44 bits per heavy atom. The molecule has 0 aliphatic carbocycles. The molecule has 0 unspecified atom stereocenters. The number of anilines is 1. The molecule has 0 aliphatic rings. The summed E-state index contributed by atoms with van der Waals surface area (Å²) in [7, 11) is 6.69. The van der Waals surface area contributed by atoms with Gasteiger partial charge < -0.3 is 19.7 Å². The monoisotopic (exact) mass is 252 g/mol. The molecular formula is C13H20N2O3. The van der Waals surface area contributed by atoms with Gasteiger partial charge in [0.05, 0.1) is 14.2 Å². The predicted molar refractivity (Wildman–Crippen MR) is 71.3 cm³/mol. The van der Waals surface area contributed by atoms with Gasteiger partial charge in [-0.3, -0.25) is 4.79 Å². The number of amides is 1. The van der Waals surface area contributed by atoms with Gasteiger partial charge in [0.15, 0.2) is 11.5 Å². The Morgan fingerprint density at radius 2 is 1.89 bits per heavy atom. The standard InChI is InChI=1S/C13H20N2O3/c1-15(2)13(16)7-8-14-10-5-6-11(17-3)12(9-10)18-4/h5-6,9,14H,7-8H2,1-4H3. The first kappa shape index (κ1) is 14.2. The first-order chi connectivity index (χ1) is 8.58. The zero-order valence-corrected chi connectivity index (χ0v) is 11.3. The molecule has 5 heteroatoms. The van der Waals surface area contributed by atoms with Crippen LogP contribution in [0.4, 0.5) is 5.69 Å². The Balaban J connectivity index is 2.55. The van der Waals surface area contributed by atoms with E-state index in [0.717, 1.165) is 5.69 Å². The molecule has 1 aromatic carbocycles. The summed E-state index contributed by atoms with van der Waals surface area (Å²) < 4.78 is 10.4. The van der Waals surface area contributed by atoms with Crippen molar-refractivity contribution in [2.45, 2.75) is 6.42 Å². The fourth-order valence-electron chi connectivity index (χ4n) is 1.48. The van der Waals surface area contributed by atoms with E-state index >= 15 is 0 Å². The van der Waals surface area contributed by atoms with Crippen LogP contribution in [0.1, 0.15) is 6.42 Å². The van der Waals surface area contributed by atoms with Gasteiger partial charge in [-0.15, -0.1) is 0 Å². The minimum atomic E-state index is 0.1000. The van der Waals surface area contributed by atoms with E-state index in [1.807, 2.05) is 18.2 Å². The molecule has 0 saturated heterocycles. The molecule has 0 atom stereocenters. The largest absolute Gasteiger partial charge is 0.493 e. The molecule has 0 heterocycles. The molecule has 1 amide bonds. The summed E-state index contributed by atoms with van der Waals surface area (Å²) in [6.07, 6.45) is 0.460.